The van der Waals surface area contributed by atoms with Crippen LogP contribution in [-0.4, -0.2) is 21.2 Å². The number of hydrogen-bond donors (Lipinski definition) is 0. The fourth-order valence-electron chi connectivity index (χ4n) is 9.14. The molecule has 49 heavy (non-hydrogen) atoms. The topological polar surface area (TPSA) is 13.1 Å². The third-order valence-corrected chi connectivity index (χ3v) is 11.1. The average Bonchev–Trinajstić information content (AvgIpc) is 3.81. The number of nitrogens with zero attached hydrogens (tertiary/aromatic N) is 3. The van der Waals surface area contributed by atoms with Gasteiger partial charge in [0.15, 0.2) is 0 Å². The minimum Gasteiger partial charge on any atom is -0.357 e. The summed E-state index contributed by atoms with van der Waals surface area (Å²) in [6.45, 7) is 0. The molecule has 2 aromatic heterocycles. The Balaban J connectivity index is 1.17. The number of aromatic nitrogens is 2. The third-order valence-electron chi connectivity index (χ3n) is 11.1. The highest BCUT2D eigenvalue weighted by molar-refractivity contribution is 6.28. The van der Waals surface area contributed by atoms with Crippen LogP contribution in [0.4, 0.5) is 5.69 Å². The maximum Gasteiger partial charge on any atom is 0.0619 e. The van der Waals surface area contributed by atoms with Crippen molar-refractivity contribution in [2.75, 3.05) is 4.90 Å². The highest BCUT2D eigenvalue weighted by atomic mass is 15.2. The fourth-order valence-corrected chi connectivity index (χ4v) is 9.14. The number of benzene rings is 6. The first-order chi connectivity index (χ1) is 24.3. The van der Waals surface area contributed by atoms with Crippen LogP contribution in [0.5, 0.6) is 0 Å². The van der Waals surface area contributed by atoms with E-state index < -0.39 is 0 Å². The van der Waals surface area contributed by atoms with Gasteiger partial charge in [-0.1, -0.05) is 127 Å². The first-order valence-corrected chi connectivity index (χ1v) is 17.4. The molecular formula is C46H33N3. The van der Waals surface area contributed by atoms with Gasteiger partial charge in [0.25, 0.3) is 0 Å². The van der Waals surface area contributed by atoms with Crippen LogP contribution < -0.4 is 4.90 Å². The van der Waals surface area contributed by atoms with Gasteiger partial charge in [0.1, 0.15) is 0 Å². The molecule has 0 spiro atoms. The van der Waals surface area contributed by atoms with Gasteiger partial charge in [0.05, 0.1) is 34.2 Å². The molecule has 2 aliphatic carbocycles. The van der Waals surface area contributed by atoms with Crippen molar-refractivity contribution in [2.24, 2.45) is 0 Å². The Morgan fingerprint density at radius 1 is 0.531 bits per heavy atom. The molecule has 0 saturated heterocycles. The van der Waals surface area contributed by atoms with Gasteiger partial charge in [-0.25, -0.2) is 0 Å². The Bertz CT molecular complexity index is 2770. The van der Waals surface area contributed by atoms with Crippen molar-refractivity contribution in [2.45, 2.75) is 24.4 Å². The number of anilines is 1. The molecule has 3 atom stereocenters. The maximum atomic E-state index is 2.64. The Labute approximate surface area is 284 Å². The van der Waals surface area contributed by atoms with E-state index in [0.29, 0.717) is 6.04 Å². The molecule has 0 radical (unpaired) electrons. The molecule has 0 amide bonds. The zero-order chi connectivity index (χ0) is 32.1. The van der Waals surface area contributed by atoms with Crippen LogP contribution in [0.2, 0.25) is 0 Å². The number of allylic oxidation sites excluding steroid dienone is 4. The van der Waals surface area contributed by atoms with E-state index in [1.807, 2.05) is 0 Å². The number of rotatable bonds is 3. The van der Waals surface area contributed by atoms with Crippen LogP contribution in [-0.2, 0) is 0 Å². The molecule has 232 valence electrons. The van der Waals surface area contributed by atoms with Gasteiger partial charge in [-0.2, -0.15) is 0 Å². The molecular weight excluding hydrogens is 595 g/mol. The summed E-state index contributed by atoms with van der Waals surface area (Å²) in [6.07, 6.45) is 17.5. The highest BCUT2D eigenvalue weighted by Gasteiger charge is 2.40. The number of hydrogen-bond acceptors (Lipinski definition) is 1. The minimum absolute atomic E-state index is 0.275. The van der Waals surface area contributed by atoms with Gasteiger partial charge < -0.3 is 14.0 Å². The van der Waals surface area contributed by atoms with Crippen molar-refractivity contribution >= 4 is 65.8 Å². The lowest BCUT2D eigenvalue weighted by Gasteiger charge is -2.35. The Morgan fingerprint density at radius 3 is 2.10 bits per heavy atom. The lowest BCUT2D eigenvalue weighted by molar-refractivity contribution is 0.613. The van der Waals surface area contributed by atoms with Gasteiger partial charge in [0, 0.05) is 49.9 Å². The normalized spacial score (nSPS) is 19.8. The first-order valence-electron chi connectivity index (χ1n) is 17.4. The van der Waals surface area contributed by atoms with E-state index >= 15 is 0 Å². The quantitative estimate of drug-likeness (QED) is 0.190. The van der Waals surface area contributed by atoms with Gasteiger partial charge in [-0.05, 0) is 59.8 Å². The first kappa shape index (κ1) is 26.9. The SMILES string of the molecule is C1=CCC(N2c3ccccc3C3C=C(n4c5ccccc5c5ccc6c(ccc7c6c6ccccc6n7-c6ccccc6)c54)C=CC32)C=C1. The molecule has 3 aliphatic rings. The molecule has 3 unspecified atom stereocenters. The summed E-state index contributed by atoms with van der Waals surface area (Å²) in [4.78, 5) is 2.64. The maximum absolute atomic E-state index is 2.64. The van der Waals surface area contributed by atoms with E-state index in [-0.39, 0.29) is 12.0 Å². The lowest BCUT2D eigenvalue weighted by Crippen LogP contribution is -2.41. The van der Waals surface area contributed by atoms with Crippen molar-refractivity contribution < 1.29 is 0 Å². The van der Waals surface area contributed by atoms with Crippen LogP contribution in [0.25, 0.3) is 65.8 Å². The van der Waals surface area contributed by atoms with E-state index in [0.717, 1.165) is 6.42 Å². The number of para-hydroxylation sites is 4. The monoisotopic (exact) mass is 627 g/mol. The molecule has 0 bridgehead atoms. The number of fused-ring (bicyclic) bond motifs is 12. The summed E-state index contributed by atoms with van der Waals surface area (Å²) in [5.74, 6) is 0.275. The Kier molecular flexibility index (Phi) is 5.62. The van der Waals surface area contributed by atoms with E-state index in [2.05, 4.69) is 184 Å². The van der Waals surface area contributed by atoms with Gasteiger partial charge in [-0.3, -0.25) is 0 Å². The van der Waals surface area contributed by atoms with Crippen molar-refractivity contribution in [1.29, 1.82) is 0 Å². The molecule has 8 aromatic rings. The third kappa shape index (κ3) is 3.73. The molecule has 3 heterocycles. The molecule has 1 aliphatic heterocycles. The summed E-state index contributed by atoms with van der Waals surface area (Å²) in [7, 11) is 0. The average molecular weight is 628 g/mol. The van der Waals surface area contributed by atoms with Gasteiger partial charge in [-0.15, -0.1) is 0 Å². The summed E-state index contributed by atoms with van der Waals surface area (Å²) in [6, 6.07) is 47.6. The van der Waals surface area contributed by atoms with E-state index in [9.17, 15) is 0 Å². The van der Waals surface area contributed by atoms with Crippen molar-refractivity contribution in [3.63, 3.8) is 0 Å². The second-order valence-corrected chi connectivity index (χ2v) is 13.6. The second-order valence-electron chi connectivity index (χ2n) is 13.6. The van der Waals surface area contributed by atoms with E-state index in [4.69, 9.17) is 0 Å². The smallest absolute Gasteiger partial charge is 0.0619 e. The van der Waals surface area contributed by atoms with Crippen molar-refractivity contribution in [3.05, 3.63) is 175 Å². The standard InChI is InChI=1S/C46H33N3/c1-3-13-30(14-4-1)47-40-20-10-8-18-34(40)39-29-32(23-27-43(39)47)49-41-21-11-7-17-33(41)36-25-24-35-37(46(36)49)26-28-44-45(35)38-19-9-12-22-42(38)48(44)31-15-5-2-6-16-31/h1-13,15-30,39,43H,14H2. The fraction of sp³-hybridized carbons (Fsp3) is 0.0870. The summed E-state index contributed by atoms with van der Waals surface area (Å²) in [5, 5.41) is 7.73. The zero-order valence-corrected chi connectivity index (χ0v) is 26.9. The van der Waals surface area contributed by atoms with Crippen molar-refractivity contribution in [1.82, 2.24) is 9.13 Å². The largest absolute Gasteiger partial charge is 0.357 e. The highest BCUT2D eigenvalue weighted by Crippen LogP contribution is 2.48. The minimum atomic E-state index is 0.275. The predicted octanol–water partition coefficient (Wildman–Crippen LogP) is 11.3. The zero-order valence-electron chi connectivity index (χ0n) is 26.9. The van der Waals surface area contributed by atoms with E-state index in [1.165, 1.54) is 77.0 Å². The van der Waals surface area contributed by atoms with Crippen LogP contribution >= 0.6 is 0 Å². The van der Waals surface area contributed by atoms with E-state index in [1.54, 1.807) is 0 Å². The van der Waals surface area contributed by atoms with Crippen LogP contribution in [0.1, 0.15) is 17.9 Å². The molecule has 0 fully saturated rings. The molecule has 0 N–H and O–H groups in total. The Hall–Kier alpha value is -6.06. The van der Waals surface area contributed by atoms with Crippen LogP contribution in [0.3, 0.4) is 0 Å². The molecule has 3 nitrogen and oxygen atoms in total. The summed E-state index contributed by atoms with van der Waals surface area (Å²) in [5.41, 5.74) is 10.2. The Morgan fingerprint density at radius 2 is 1.24 bits per heavy atom. The van der Waals surface area contributed by atoms with Gasteiger partial charge in [0.2, 0.25) is 0 Å². The summed E-state index contributed by atoms with van der Waals surface area (Å²) >= 11 is 0. The van der Waals surface area contributed by atoms with Crippen LogP contribution in [0, 0.1) is 0 Å². The second kappa shape index (κ2) is 10.2. The molecule has 11 rings (SSSR count). The van der Waals surface area contributed by atoms with Crippen LogP contribution in [0.15, 0.2) is 170 Å². The lowest BCUT2D eigenvalue weighted by atomic mass is 9.89. The molecule has 0 saturated carbocycles. The van der Waals surface area contributed by atoms with Gasteiger partial charge >= 0.3 is 0 Å². The predicted molar refractivity (Wildman–Crippen MR) is 207 cm³/mol. The molecule has 6 aromatic carbocycles. The molecule has 3 heteroatoms. The summed E-state index contributed by atoms with van der Waals surface area (Å²) < 4.78 is 4.95. The van der Waals surface area contributed by atoms with Crippen molar-refractivity contribution in [3.8, 4) is 5.69 Å².